The molecule has 0 amide bonds. The monoisotopic (exact) mass is 222 g/mol. The number of halogens is 1. The maximum atomic E-state index is 8.82. The Morgan fingerprint density at radius 3 is 3.08 bits per heavy atom. The van der Waals surface area contributed by atoms with E-state index >= 15 is 0 Å². The first-order valence-electron chi connectivity index (χ1n) is 3.73. The molecule has 0 bridgehead atoms. The number of rotatable bonds is 0. The molecule has 2 nitrogen and oxygen atoms in total. The maximum Gasteiger partial charge on any atom is 0.0890 e. The lowest BCUT2D eigenvalue weighted by molar-refractivity contribution is 0.612. The molecule has 0 fully saturated rings. The zero-order chi connectivity index (χ0) is 8.55. The Hall–Kier alpha value is -1.01. The van der Waals surface area contributed by atoms with Crippen LogP contribution >= 0.6 is 15.9 Å². The lowest BCUT2D eigenvalue weighted by Crippen LogP contribution is -2.30. The molecule has 0 saturated heterocycles. The molecule has 2 unspecified atom stereocenters. The van der Waals surface area contributed by atoms with Crippen LogP contribution in [0.5, 0.6) is 0 Å². The van der Waals surface area contributed by atoms with E-state index in [-0.39, 0.29) is 12.0 Å². The Labute approximate surface area is 79.4 Å². The second-order valence-corrected chi connectivity index (χ2v) is 3.65. The molecular formula is C9H7BrN2. The number of allylic oxidation sites excluding steroid dienone is 2. The Morgan fingerprint density at radius 2 is 2.33 bits per heavy atom. The fourth-order valence-corrected chi connectivity index (χ4v) is 2.00. The van der Waals surface area contributed by atoms with Gasteiger partial charge >= 0.3 is 0 Å². The van der Waals surface area contributed by atoms with Gasteiger partial charge in [-0.3, -0.25) is 0 Å². The number of hydrogen-bond acceptors (Lipinski definition) is 2. The molecule has 1 N–H and O–H groups in total. The molecule has 2 rings (SSSR count). The van der Waals surface area contributed by atoms with Crippen LogP contribution < -0.4 is 5.32 Å². The van der Waals surface area contributed by atoms with Crippen LogP contribution in [0, 0.1) is 17.2 Å². The van der Waals surface area contributed by atoms with Crippen molar-refractivity contribution >= 4 is 15.9 Å². The SMILES string of the molecule is N#CC1C=CC(Br)=C2C=CNC21. The van der Waals surface area contributed by atoms with Gasteiger partial charge < -0.3 is 5.32 Å². The molecule has 60 valence electrons. The number of nitrogens with one attached hydrogen (secondary N) is 1. The van der Waals surface area contributed by atoms with Gasteiger partial charge in [-0.05, 0) is 17.8 Å². The van der Waals surface area contributed by atoms with Crippen LogP contribution in [-0.4, -0.2) is 6.04 Å². The van der Waals surface area contributed by atoms with Gasteiger partial charge in [-0.1, -0.05) is 28.1 Å². The van der Waals surface area contributed by atoms with Crippen molar-refractivity contribution in [3.05, 3.63) is 34.5 Å². The Bertz CT molecular complexity index is 333. The van der Waals surface area contributed by atoms with E-state index in [1.165, 1.54) is 5.57 Å². The summed E-state index contributed by atoms with van der Waals surface area (Å²) in [5, 5.41) is 12.0. The summed E-state index contributed by atoms with van der Waals surface area (Å²) in [5.41, 5.74) is 1.17. The number of fused-ring (bicyclic) bond motifs is 1. The van der Waals surface area contributed by atoms with Gasteiger partial charge in [-0.25, -0.2) is 0 Å². The highest BCUT2D eigenvalue weighted by Gasteiger charge is 2.28. The van der Waals surface area contributed by atoms with E-state index in [1.807, 2.05) is 24.4 Å². The normalized spacial score (nSPS) is 31.3. The molecular weight excluding hydrogens is 216 g/mol. The third-order valence-electron chi connectivity index (χ3n) is 2.11. The Kier molecular flexibility index (Phi) is 1.78. The van der Waals surface area contributed by atoms with Crippen molar-refractivity contribution in [1.29, 1.82) is 5.26 Å². The van der Waals surface area contributed by atoms with Crippen LogP contribution in [0.1, 0.15) is 0 Å². The molecule has 0 saturated carbocycles. The quantitative estimate of drug-likeness (QED) is 0.679. The van der Waals surface area contributed by atoms with Crippen molar-refractivity contribution in [3.63, 3.8) is 0 Å². The van der Waals surface area contributed by atoms with Gasteiger partial charge in [-0.15, -0.1) is 0 Å². The average Bonchev–Trinajstić information content (AvgIpc) is 2.54. The fraction of sp³-hybridized carbons (Fsp3) is 0.222. The van der Waals surface area contributed by atoms with E-state index in [2.05, 4.69) is 27.3 Å². The lowest BCUT2D eigenvalue weighted by atomic mass is 9.91. The third kappa shape index (κ3) is 0.997. The first-order valence-corrected chi connectivity index (χ1v) is 4.52. The molecule has 1 aliphatic carbocycles. The van der Waals surface area contributed by atoms with E-state index in [9.17, 15) is 0 Å². The van der Waals surface area contributed by atoms with E-state index in [0.717, 1.165) is 4.48 Å². The molecule has 0 radical (unpaired) electrons. The van der Waals surface area contributed by atoms with Crippen LogP contribution in [0.15, 0.2) is 34.5 Å². The average molecular weight is 223 g/mol. The molecule has 2 aliphatic rings. The summed E-state index contributed by atoms with van der Waals surface area (Å²) >= 11 is 3.44. The first-order chi connectivity index (χ1) is 5.83. The van der Waals surface area contributed by atoms with Crippen LogP contribution in [0.25, 0.3) is 0 Å². The van der Waals surface area contributed by atoms with Crippen molar-refractivity contribution in [2.45, 2.75) is 6.04 Å². The molecule has 0 spiro atoms. The first kappa shape index (κ1) is 7.63. The van der Waals surface area contributed by atoms with E-state index in [4.69, 9.17) is 5.26 Å². The molecule has 0 aromatic rings. The summed E-state index contributed by atoms with van der Waals surface area (Å²) in [6, 6.07) is 2.40. The molecule has 12 heavy (non-hydrogen) atoms. The van der Waals surface area contributed by atoms with E-state index in [1.54, 1.807) is 0 Å². The van der Waals surface area contributed by atoms with Crippen molar-refractivity contribution in [3.8, 4) is 6.07 Å². The predicted octanol–water partition coefficient (Wildman–Crippen LogP) is 1.83. The van der Waals surface area contributed by atoms with Crippen LogP contribution in [0.2, 0.25) is 0 Å². The number of hydrogen-bond donors (Lipinski definition) is 1. The summed E-state index contributed by atoms with van der Waals surface area (Å²) in [6.45, 7) is 0. The smallest absolute Gasteiger partial charge is 0.0890 e. The summed E-state index contributed by atoms with van der Waals surface area (Å²) in [4.78, 5) is 0. The summed E-state index contributed by atoms with van der Waals surface area (Å²) in [7, 11) is 0. The van der Waals surface area contributed by atoms with Gasteiger partial charge in [0.25, 0.3) is 0 Å². The van der Waals surface area contributed by atoms with Gasteiger partial charge in [0.15, 0.2) is 0 Å². The largest absolute Gasteiger partial charge is 0.382 e. The third-order valence-corrected chi connectivity index (χ3v) is 2.83. The van der Waals surface area contributed by atoms with Crippen LogP contribution in [-0.2, 0) is 0 Å². The van der Waals surface area contributed by atoms with E-state index < -0.39 is 0 Å². The van der Waals surface area contributed by atoms with Gasteiger partial charge in [-0.2, -0.15) is 5.26 Å². The predicted molar refractivity (Wildman–Crippen MR) is 50.3 cm³/mol. The number of nitrogens with zero attached hydrogens (tertiary/aromatic N) is 1. The highest BCUT2D eigenvalue weighted by atomic mass is 79.9. The molecule has 1 aliphatic heterocycles. The molecule has 2 atom stereocenters. The molecule has 1 heterocycles. The molecule has 0 aromatic carbocycles. The van der Waals surface area contributed by atoms with Crippen molar-refractivity contribution in [2.24, 2.45) is 5.92 Å². The Morgan fingerprint density at radius 1 is 1.50 bits per heavy atom. The second-order valence-electron chi connectivity index (χ2n) is 2.79. The minimum Gasteiger partial charge on any atom is -0.382 e. The van der Waals surface area contributed by atoms with Crippen LogP contribution in [0.4, 0.5) is 0 Å². The zero-order valence-electron chi connectivity index (χ0n) is 6.29. The van der Waals surface area contributed by atoms with Crippen molar-refractivity contribution in [2.75, 3.05) is 0 Å². The van der Waals surface area contributed by atoms with Gasteiger partial charge in [0.1, 0.15) is 0 Å². The summed E-state index contributed by atoms with van der Waals surface area (Å²) in [6.07, 6.45) is 7.75. The highest BCUT2D eigenvalue weighted by molar-refractivity contribution is 9.11. The van der Waals surface area contributed by atoms with Gasteiger partial charge in [0, 0.05) is 4.48 Å². The standard InChI is InChI=1S/C9H7BrN2/c10-8-2-1-6(5-11)9-7(8)3-4-12-9/h1-4,6,9,12H. The highest BCUT2D eigenvalue weighted by Crippen LogP contribution is 2.30. The molecule has 3 heteroatoms. The Balaban J connectivity index is 2.40. The summed E-state index contributed by atoms with van der Waals surface area (Å²) < 4.78 is 1.07. The van der Waals surface area contributed by atoms with Crippen molar-refractivity contribution in [1.82, 2.24) is 5.32 Å². The number of nitriles is 1. The second kappa shape index (κ2) is 2.80. The van der Waals surface area contributed by atoms with Crippen LogP contribution in [0.3, 0.4) is 0 Å². The minimum atomic E-state index is -0.0451. The fourth-order valence-electron chi connectivity index (χ4n) is 1.47. The topological polar surface area (TPSA) is 35.8 Å². The maximum absolute atomic E-state index is 8.82. The van der Waals surface area contributed by atoms with Gasteiger partial charge in [0.2, 0.25) is 0 Å². The zero-order valence-corrected chi connectivity index (χ0v) is 7.88. The van der Waals surface area contributed by atoms with Gasteiger partial charge in [0.05, 0.1) is 18.0 Å². The summed E-state index contributed by atoms with van der Waals surface area (Å²) in [5.74, 6) is -0.0451. The lowest BCUT2D eigenvalue weighted by Gasteiger charge is -2.20. The van der Waals surface area contributed by atoms with Crippen molar-refractivity contribution < 1.29 is 0 Å². The minimum absolute atomic E-state index is 0.0451. The van der Waals surface area contributed by atoms with E-state index in [0.29, 0.717) is 0 Å². The molecule has 0 aromatic heterocycles.